The van der Waals surface area contributed by atoms with Gasteiger partial charge in [0.15, 0.2) is 0 Å². The van der Waals surface area contributed by atoms with Crippen molar-refractivity contribution < 1.29 is 9.47 Å². The van der Waals surface area contributed by atoms with E-state index in [1.165, 1.54) is 58.0 Å². The zero-order chi connectivity index (χ0) is 24.0. The van der Waals surface area contributed by atoms with Crippen LogP contribution < -0.4 is 10.6 Å². The van der Waals surface area contributed by atoms with Crippen molar-refractivity contribution in [1.29, 1.82) is 0 Å². The lowest BCUT2D eigenvalue weighted by molar-refractivity contribution is 0.136. The molecule has 3 fully saturated rings. The molecule has 0 spiro atoms. The highest BCUT2D eigenvalue weighted by atomic mass is 31.1. The fourth-order valence-electron chi connectivity index (χ4n) is 6.63. The van der Waals surface area contributed by atoms with Crippen molar-refractivity contribution >= 4 is 26.8 Å². The molecule has 0 bridgehead atoms. The Morgan fingerprint density at radius 2 is 1.14 bits per heavy atom. The Morgan fingerprint density at radius 1 is 0.657 bits per heavy atom. The van der Waals surface area contributed by atoms with Crippen molar-refractivity contribution in [2.24, 2.45) is 0 Å². The molecule has 5 rings (SSSR count). The standard InChI is InChI=1S/C29H42N2O2P2/c1-32-22-24-12-10-20-30(24)35(31-21-11-13-25(31)23-33-2)29-19-9-18-28(29)34(26-14-5-3-6-15-26)27-16-7-4-8-17-27/h3-8,14-17,24-25,28-29H,9-13,18-23H2,1-2H3/t24-,25-,28?,29?/m0/s1. The van der Waals surface area contributed by atoms with Gasteiger partial charge in [-0.3, -0.25) is 9.34 Å². The maximum atomic E-state index is 5.75. The first-order valence-corrected chi connectivity index (χ1v) is 16.2. The highest BCUT2D eigenvalue weighted by Crippen LogP contribution is 2.64. The summed E-state index contributed by atoms with van der Waals surface area (Å²) in [5, 5.41) is 3.09. The van der Waals surface area contributed by atoms with Crippen LogP contribution in [0.4, 0.5) is 0 Å². The van der Waals surface area contributed by atoms with Crippen LogP contribution in [0.5, 0.6) is 0 Å². The minimum absolute atomic E-state index is 0.395. The first-order chi connectivity index (χ1) is 17.3. The van der Waals surface area contributed by atoms with Gasteiger partial charge in [-0.15, -0.1) is 0 Å². The highest BCUT2D eigenvalue weighted by Gasteiger charge is 2.48. The fourth-order valence-corrected chi connectivity index (χ4v) is 14.0. The molecule has 0 aromatic heterocycles. The van der Waals surface area contributed by atoms with Gasteiger partial charge < -0.3 is 9.47 Å². The molecule has 35 heavy (non-hydrogen) atoms. The van der Waals surface area contributed by atoms with Crippen molar-refractivity contribution in [3.05, 3.63) is 60.7 Å². The molecule has 2 aliphatic heterocycles. The summed E-state index contributed by atoms with van der Waals surface area (Å²) in [7, 11) is 2.97. The Kier molecular flexibility index (Phi) is 9.27. The van der Waals surface area contributed by atoms with Gasteiger partial charge in [0.05, 0.1) is 13.2 Å². The van der Waals surface area contributed by atoms with Crippen LogP contribution in [0.15, 0.2) is 60.7 Å². The van der Waals surface area contributed by atoms with Crippen molar-refractivity contribution in [2.75, 3.05) is 40.5 Å². The molecule has 1 aliphatic carbocycles. The second-order valence-corrected chi connectivity index (χ2v) is 15.0. The molecule has 190 valence electrons. The van der Waals surface area contributed by atoms with Crippen molar-refractivity contribution in [2.45, 2.75) is 68.3 Å². The Hall–Kier alpha value is -0.860. The van der Waals surface area contributed by atoms with Gasteiger partial charge in [-0.2, -0.15) is 0 Å². The maximum Gasteiger partial charge on any atom is 0.0621 e. The molecule has 0 radical (unpaired) electrons. The van der Waals surface area contributed by atoms with E-state index < -0.39 is 16.1 Å². The highest BCUT2D eigenvalue weighted by molar-refractivity contribution is 7.74. The zero-order valence-electron chi connectivity index (χ0n) is 21.5. The van der Waals surface area contributed by atoms with E-state index in [-0.39, 0.29) is 0 Å². The molecule has 0 amide bonds. The molecule has 4 nitrogen and oxygen atoms in total. The summed E-state index contributed by atoms with van der Waals surface area (Å²) in [6.45, 7) is 4.19. The van der Waals surface area contributed by atoms with E-state index in [1.54, 1.807) is 10.6 Å². The lowest BCUT2D eigenvalue weighted by Gasteiger charge is -2.47. The minimum Gasteiger partial charge on any atom is -0.383 e. The number of hydrogen-bond acceptors (Lipinski definition) is 4. The molecule has 2 heterocycles. The summed E-state index contributed by atoms with van der Waals surface area (Å²) in [6, 6.07) is 24.0. The average molecular weight is 513 g/mol. The normalized spacial score (nSPS) is 28.0. The number of nitrogens with zero attached hydrogens (tertiary/aromatic N) is 2. The number of rotatable bonds is 10. The van der Waals surface area contributed by atoms with E-state index in [0.29, 0.717) is 12.1 Å². The smallest absolute Gasteiger partial charge is 0.0621 e. The third-order valence-corrected chi connectivity index (χ3v) is 14.6. The van der Waals surface area contributed by atoms with Crippen molar-refractivity contribution in [3.63, 3.8) is 0 Å². The SMILES string of the molecule is COC[C@@H]1CCCN1P(C1CCCC1P(c1ccccc1)c1ccccc1)N1CCC[C@H]1COC. The number of benzene rings is 2. The molecule has 0 N–H and O–H groups in total. The lowest BCUT2D eigenvalue weighted by Crippen LogP contribution is -2.43. The van der Waals surface area contributed by atoms with Crippen molar-refractivity contribution in [3.8, 4) is 0 Å². The van der Waals surface area contributed by atoms with Gasteiger partial charge in [-0.05, 0) is 62.7 Å². The second kappa shape index (κ2) is 12.6. The monoisotopic (exact) mass is 512 g/mol. The van der Waals surface area contributed by atoms with Gasteiger partial charge >= 0.3 is 0 Å². The lowest BCUT2D eigenvalue weighted by atomic mass is 10.2. The van der Waals surface area contributed by atoms with Gasteiger partial charge in [-0.1, -0.05) is 67.1 Å². The largest absolute Gasteiger partial charge is 0.383 e. The Labute approximate surface area is 215 Å². The molecular formula is C29H42N2O2P2. The topological polar surface area (TPSA) is 24.9 Å². The van der Waals surface area contributed by atoms with E-state index in [9.17, 15) is 0 Å². The van der Waals surface area contributed by atoms with Crippen LogP contribution in [0.1, 0.15) is 44.9 Å². The molecule has 6 heteroatoms. The minimum atomic E-state index is -0.396. The van der Waals surface area contributed by atoms with Crippen LogP contribution in [-0.4, -0.2) is 73.3 Å². The van der Waals surface area contributed by atoms with Crippen LogP contribution >= 0.6 is 16.1 Å². The third kappa shape index (κ3) is 5.69. The van der Waals surface area contributed by atoms with E-state index in [2.05, 4.69) is 70.0 Å². The van der Waals surface area contributed by atoms with E-state index in [0.717, 1.165) is 24.5 Å². The first kappa shape index (κ1) is 25.8. The van der Waals surface area contributed by atoms with E-state index in [4.69, 9.17) is 9.47 Å². The third-order valence-electron chi connectivity index (χ3n) is 8.08. The summed E-state index contributed by atoms with van der Waals surface area (Å²) < 4.78 is 17.4. The molecular weight excluding hydrogens is 470 g/mol. The Balaban J connectivity index is 1.53. The average Bonchev–Trinajstić information content (AvgIpc) is 3.65. The van der Waals surface area contributed by atoms with Crippen LogP contribution in [0.2, 0.25) is 0 Å². The van der Waals surface area contributed by atoms with E-state index >= 15 is 0 Å². The molecule has 2 saturated heterocycles. The summed E-state index contributed by atoms with van der Waals surface area (Å²) in [5.41, 5.74) is 1.47. The maximum absolute atomic E-state index is 5.75. The summed E-state index contributed by atoms with van der Waals surface area (Å²) in [5.74, 6) is 0. The fraction of sp³-hybridized carbons (Fsp3) is 0.586. The van der Waals surface area contributed by atoms with Crippen molar-refractivity contribution in [1.82, 2.24) is 9.34 Å². The van der Waals surface area contributed by atoms with Crippen LogP contribution in [0.3, 0.4) is 0 Å². The predicted octanol–water partition coefficient (Wildman–Crippen LogP) is 5.57. The summed E-state index contributed by atoms with van der Waals surface area (Å²) in [4.78, 5) is 0. The number of ether oxygens (including phenoxy) is 2. The molecule has 2 aromatic rings. The van der Waals surface area contributed by atoms with Gasteiger partial charge in [0, 0.05) is 53.3 Å². The number of hydrogen-bond donors (Lipinski definition) is 0. The van der Waals surface area contributed by atoms with Crippen LogP contribution in [0, 0.1) is 0 Å². The molecule has 4 atom stereocenters. The van der Waals surface area contributed by atoms with Crippen LogP contribution in [0.25, 0.3) is 0 Å². The molecule has 3 aliphatic rings. The van der Waals surface area contributed by atoms with E-state index in [1.807, 2.05) is 14.2 Å². The van der Waals surface area contributed by atoms with Gasteiger partial charge in [-0.25, -0.2) is 0 Å². The second-order valence-electron chi connectivity index (χ2n) is 10.3. The number of methoxy groups -OCH3 is 2. The Bertz CT molecular complexity index is 839. The molecule has 1 saturated carbocycles. The zero-order valence-corrected chi connectivity index (χ0v) is 23.3. The molecule has 2 aromatic carbocycles. The summed E-state index contributed by atoms with van der Waals surface area (Å²) >= 11 is 0. The Morgan fingerprint density at radius 3 is 1.63 bits per heavy atom. The van der Waals surface area contributed by atoms with Crippen LogP contribution in [-0.2, 0) is 9.47 Å². The van der Waals surface area contributed by atoms with Gasteiger partial charge in [0.1, 0.15) is 0 Å². The van der Waals surface area contributed by atoms with Gasteiger partial charge in [0.25, 0.3) is 0 Å². The molecule has 2 unspecified atom stereocenters. The first-order valence-electron chi connectivity index (χ1n) is 13.5. The van der Waals surface area contributed by atoms with Gasteiger partial charge in [0.2, 0.25) is 0 Å². The quantitative estimate of drug-likeness (QED) is 0.389. The predicted molar refractivity (Wildman–Crippen MR) is 151 cm³/mol. The summed E-state index contributed by atoms with van der Waals surface area (Å²) in [6.07, 6.45) is 9.24.